The summed E-state index contributed by atoms with van der Waals surface area (Å²) >= 11 is 0. The number of carboxylic acid groups (broad SMARTS) is 1. The van der Waals surface area contributed by atoms with Crippen molar-refractivity contribution in [1.29, 1.82) is 0 Å². The van der Waals surface area contributed by atoms with Crippen LogP contribution in [0.3, 0.4) is 0 Å². The molecule has 0 amide bonds. The summed E-state index contributed by atoms with van der Waals surface area (Å²) in [4.78, 5) is 22.7. The molecule has 0 bridgehead atoms. The van der Waals surface area contributed by atoms with Crippen molar-refractivity contribution in [3.8, 4) is 5.75 Å². The molecule has 1 N–H and O–H groups in total. The molecule has 0 atom stereocenters. The lowest BCUT2D eigenvalue weighted by atomic mass is 10.1. The van der Waals surface area contributed by atoms with E-state index in [1.165, 1.54) is 18.5 Å². The van der Waals surface area contributed by atoms with Crippen molar-refractivity contribution in [1.82, 2.24) is 9.78 Å². The van der Waals surface area contributed by atoms with Crippen LogP contribution in [0.25, 0.3) is 0 Å². The highest BCUT2D eigenvalue weighted by molar-refractivity contribution is 5.76. The van der Waals surface area contributed by atoms with Crippen LogP contribution in [0.15, 0.2) is 45.6 Å². The molecule has 140 valence electrons. The molecule has 0 saturated carbocycles. The van der Waals surface area contributed by atoms with Gasteiger partial charge in [-0.3, -0.25) is 0 Å². The smallest absolute Gasteiger partial charge is 0.437 e. The van der Waals surface area contributed by atoms with Crippen LogP contribution in [0.5, 0.6) is 5.75 Å². The highest BCUT2D eigenvalue weighted by Gasteiger charge is 2.29. The number of aryl methyl sites for hydroxylation is 2. The Morgan fingerprint density at radius 3 is 2.62 bits per heavy atom. The predicted octanol–water partition coefficient (Wildman–Crippen LogP) is 2.83. The molecular formula is C19H24N2O5. The number of ether oxygens (including phenoxy) is 1. The van der Waals surface area contributed by atoms with Gasteiger partial charge in [0.2, 0.25) is 5.89 Å². The second kappa shape index (κ2) is 8.51. The second-order valence-corrected chi connectivity index (χ2v) is 6.43. The zero-order valence-electron chi connectivity index (χ0n) is 15.3. The Balaban J connectivity index is 1.87. The minimum atomic E-state index is -1.27. The third kappa shape index (κ3) is 5.34. The Labute approximate surface area is 151 Å². The van der Waals surface area contributed by atoms with E-state index >= 15 is 0 Å². The van der Waals surface area contributed by atoms with Crippen molar-refractivity contribution in [2.45, 2.75) is 52.2 Å². The molecule has 0 aliphatic carbocycles. The fourth-order valence-corrected chi connectivity index (χ4v) is 2.28. The summed E-state index contributed by atoms with van der Waals surface area (Å²) < 4.78 is 11.9. The van der Waals surface area contributed by atoms with Crippen LogP contribution in [-0.2, 0) is 24.2 Å². The standard InChI is InChI=1S/C19H24N2O5/c1-4-5-13-21-18(24)25-16(20-21)8-6-7-14-9-11-15(12-10-14)26-19(2,3)17(22)23/h4-5,9-12H,6-8,13H2,1-3H3,(H,22,23)/b5-4+. The molecule has 2 aromatic rings. The molecule has 7 nitrogen and oxygen atoms in total. The van der Waals surface area contributed by atoms with Gasteiger partial charge in [0.25, 0.3) is 0 Å². The molecule has 26 heavy (non-hydrogen) atoms. The van der Waals surface area contributed by atoms with Gasteiger partial charge in [0.1, 0.15) is 5.75 Å². The van der Waals surface area contributed by atoms with Crippen LogP contribution < -0.4 is 10.5 Å². The normalized spacial score (nSPS) is 11.8. The van der Waals surface area contributed by atoms with Crippen molar-refractivity contribution in [2.75, 3.05) is 0 Å². The molecule has 0 radical (unpaired) electrons. The third-order valence-corrected chi connectivity index (χ3v) is 3.83. The van der Waals surface area contributed by atoms with E-state index in [4.69, 9.17) is 14.3 Å². The second-order valence-electron chi connectivity index (χ2n) is 6.43. The van der Waals surface area contributed by atoms with Gasteiger partial charge in [-0.15, -0.1) is 5.10 Å². The minimum Gasteiger partial charge on any atom is -0.478 e. The molecule has 7 heteroatoms. The third-order valence-electron chi connectivity index (χ3n) is 3.83. The van der Waals surface area contributed by atoms with Gasteiger partial charge < -0.3 is 14.3 Å². The number of rotatable bonds is 9. The number of carboxylic acids is 1. The first-order valence-corrected chi connectivity index (χ1v) is 8.51. The van der Waals surface area contributed by atoms with Crippen LogP contribution in [0.2, 0.25) is 0 Å². The van der Waals surface area contributed by atoms with Gasteiger partial charge in [-0.25, -0.2) is 9.59 Å². The van der Waals surface area contributed by atoms with Crippen molar-refractivity contribution in [3.05, 3.63) is 58.4 Å². The molecule has 0 aliphatic heterocycles. The van der Waals surface area contributed by atoms with E-state index < -0.39 is 17.3 Å². The van der Waals surface area contributed by atoms with Crippen molar-refractivity contribution in [3.63, 3.8) is 0 Å². The van der Waals surface area contributed by atoms with Crippen LogP contribution in [0.4, 0.5) is 0 Å². The maximum atomic E-state index is 11.6. The maximum Gasteiger partial charge on any atom is 0.437 e. The quantitative estimate of drug-likeness (QED) is 0.691. The number of hydrogen-bond acceptors (Lipinski definition) is 5. The number of benzene rings is 1. The minimum absolute atomic E-state index is 0.410. The first-order chi connectivity index (χ1) is 12.3. The Kier molecular flexibility index (Phi) is 6.38. The molecule has 0 spiro atoms. The zero-order valence-corrected chi connectivity index (χ0v) is 15.3. The first kappa shape index (κ1) is 19.5. The molecule has 0 saturated heterocycles. The highest BCUT2D eigenvalue weighted by Crippen LogP contribution is 2.20. The Morgan fingerprint density at radius 1 is 1.31 bits per heavy atom. The van der Waals surface area contributed by atoms with Crippen LogP contribution in [-0.4, -0.2) is 26.5 Å². The number of carbonyl (C=O) groups is 1. The SMILES string of the molecule is C/C=C/Cn1nc(CCCc2ccc(OC(C)(C)C(=O)O)cc2)oc1=O. The average molecular weight is 360 g/mol. The van der Waals surface area contributed by atoms with Gasteiger partial charge >= 0.3 is 11.7 Å². The first-order valence-electron chi connectivity index (χ1n) is 8.51. The lowest BCUT2D eigenvalue weighted by molar-refractivity contribution is -0.152. The summed E-state index contributed by atoms with van der Waals surface area (Å²) in [5.41, 5.74) is -0.189. The molecule has 0 aliphatic rings. The van der Waals surface area contributed by atoms with E-state index in [0.29, 0.717) is 24.6 Å². The number of nitrogens with zero attached hydrogens (tertiary/aromatic N) is 2. The lowest BCUT2D eigenvalue weighted by Gasteiger charge is -2.21. The van der Waals surface area contributed by atoms with Gasteiger partial charge in [0.15, 0.2) is 5.60 Å². The number of aromatic nitrogens is 2. The maximum absolute atomic E-state index is 11.6. The van der Waals surface area contributed by atoms with E-state index in [1.807, 2.05) is 31.2 Å². The van der Waals surface area contributed by atoms with E-state index in [0.717, 1.165) is 18.4 Å². The number of allylic oxidation sites excluding steroid dienone is 2. The van der Waals surface area contributed by atoms with Gasteiger partial charge in [-0.05, 0) is 51.3 Å². The predicted molar refractivity (Wildman–Crippen MR) is 96.4 cm³/mol. The van der Waals surface area contributed by atoms with Crippen molar-refractivity contribution in [2.24, 2.45) is 0 Å². The average Bonchev–Trinajstić information content (AvgIpc) is 2.94. The van der Waals surface area contributed by atoms with Gasteiger partial charge in [0, 0.05) is 6.42 Å². The summed E-state index contributed by atoms with van der Waals surface area (Å²) in [5, 5.41) is 13.2. The van der Waals surface area contributed by atoms with E-state index in [1.54, 1.807) is 12.1 Å². The Hall–Kier alpha value is -2.83. The molecule has 0 unspecified atom stereocenters. The van der Waals surface area contributed by atoms with Crippen LogP contribution >= 0.6 is 0 Å². The van der Waals surface area contributed by atoms with Crippen molar-refractivity contribution < 1.29 is 19.1 Å². The van der Waals surface area contributed by atoms with Crippen LogP contribution in [0.1, 0.15) is 38.6 Å². The Bertz CT molecular complexity index is 815. The summed E-state index contributed by atoms with van der Waals surface area (Å²) in [5.74, 6) is -0.518. The fraction of sp³-hybridized carbons (Fsp3) is 0.421. The number of aliphatic carboxylic acids is 1. The molecular weight excluding hydrogens is 336 g/mol. The molecule has 2 rings (SSSR count). The monoisotopic (exact) mass is 360 g/mol. The summed E-state index contributed by atoms with van der Waals surface area (Å²) in [7, 11) is 0. The molecule has 1 aromatic carbocycles. The largest absolute Gasteiger partial charge is 0.478 e. The van der Waals surface area contributed by atoms with E-state index in [2.05, 4.69) is 5.10 Å². The van der Waals surface area contributed by atoms with Crippen LogP contribution in [0, 0.1) is 0 Å². The van der Waals surface area contributed by atoms with Gasteiger partial charge in [-0.1, -0.05) is 24.3 Å². The van der Waals surface area contributed by atoms with Crippen molar-refractivity contribution >= 4 is 5.97 Å². The fourth-order valence-electron chi connectivity index (χ4n) is 2.28. The Morgan fingerprint density at radius 2 is 2.00 bits per heavy atom. The van der Waals surface area contributed by atoms with Gasteiger partial charge in [0.05, 0.1) is 6.54 Å². The van der Waals surface area contributed by atoms with E-state index in [-0.39, 0.29) is 0 Å². The summed E-state index contributed by atoms with van der Waals surface area (Å²) in [6.07, 6.45) is 5.83. The molecule has 1 heterocycles. The van der Waals surface area contributed by atoms with E-state index in [9.17, 15) is 9.59 Å². The summed E-state index contributed by atoms with van der Waals surface area (Å²) in [6, 6.07) is 7.31. The molecule has 1 aromatic heterocycles. The zero-order chi connectivity index (χ0) is 19.2. The summed E-state index contributed by atoms with van der Waals surface area (Å²) in [6.45, 7) is 5.30. The van der Waals surface area contributed by atoms with Gasteiger partial charge in [-0.2, -0.15) is 4.68 Å². The lowest BCUT2D eigenvalue weighted by Crippen LogP contribution is -2.37. The highest BCUT2D eigenvalue weighted by atomic mass is 16.5. The number of hydrogen-bond donors (Lipinski definition) is 1. The molecule has 0 fully saturated rings. The topological polar surface area (TPSA) is 94.6 Å².